The summed E-state index contributed by atoms with van der Waals surface area (Å²) in [4.78, 5) is 2.59. The molecule has 2 aliphatic heterocycles. The van der Waals surface area contributed by atoms with Crippen LogP contribution in [0.3, 0.4) is 0 Å². The third kappa shape index (κ3) is 5.28. The van der Waals surface area contributed by atoms with Gasteiger partial charge in [0.2, 0.25) is 10.0 Å². The van der Waals surface area contributed by atoms with Crippen molar-refractivity contribution >= 4 is 10.0 Å². The van der Waals surface area contributed by atoms with Crippen LogP contribution in [0, 0.1) is 18.8 Å². The van der Waals surface area contributed by atoms with Crippen molar-refractivity contribution in [2.75, 3.05) is 32.7 Å². The highest BCUT2D eigenvalue weighted by Gasteiger charge is 2.29. The molecule has 2 saturated heterocycles. The highest BCUT2D eigenvalue weighted by atomic mass is 32.2. The first-order valence-electron chi connectivity index (χ1n) is 9.68. The summed E-state index contributed by atoms with van der Waals surface area (Å²) in [7, 11) is -3.19. The molecule has 2 aliphatic rings. The normalized spacial score (nSPS) is 24.5. The van der Waals surface area contributed by atoms with Crippen molar-refractivity contribution in [3.05, 3.63) is 35.4 Å². The van der Waals surface area contributed by atoms with Gasteiger partial charge in [-0.1, -0.05) is 36.8 Å². The molecule has 0 spiro atoms. The van der Waals surface area contributed by atoms with Crippen LogP contribution in [-0.4, -0.2) is 50.3 Å². The molecule has 0 aromatic heterocycles. The maximum atomic E-state index is 12.7. The second-order valence-corrected chi connectivity index (χ2v) is 10.1. The number of rotatable bonds is 5. The van der Waals surface area contributed by atoms with Gasteiger partial charge in [0.1, 0.15) is 0 Å². The molecule has 1 atom stereocenters. The van der Waals surface area contributed by atoms with Gasteiger partial charge in [-0.25, -0.2) is 12.7 Å². The average Bonchev–Trinajstić information content (AvgIpc) is 2.57. The van der Waals surface area contributed by atoms with Crippen LogP contribution in [0.4, 0.5) is 0 Å². The van der Waals surface area contributed by atoms with E-state index >= 15 is 0 Å². The van der Waals surface area contributed by atoms with E-state index in [1.165, 1.54) is 25.9 Å². The third-order valence-corrected chi connectivity index (χ3v) is 7.54. The van der Waals surface area contributed by atoms with Crippen LogP contribution >= 0.6 is 0 Å². The zero-order valence-electron chi connectivity index (χ0n) is 15.7. The monoisotopic (exact) mass is 364 g/mol. The largest absolute Gasteiger partial charge is 0.303 e. The molecule has 0 radical (unpaired) electrons. The summed E-state index contributed by atoms with van der Waals surface area (Å²) in [6.07, 6.45) is 4.66. The summed E-state index contributed by atoms with van der Waals surface area (Å²) >= 11 is 0. The predicted octanol–water partition coefficient (Wildman–Crippen LogP) is 3.27. The zero-order chi connectivity index (χ0) is 17.9. The molecule has 0 saturated carbocycles. The average molecular weight is 365 g/mol. The van der Waals surface area contributed by atoms with Gasteiger partial charge < -0.3 is 4.90 Å². The lowest BCUT2D eigenvalue weighted by Gasteiger charge is -2.37. The number of sulfonamides is 1. The quantitative estimate of drug-likeness (QED) is 0.805. The van der Waals surface area contributed by atoms with Crippen molar-refractivity contribution in [2.45, 2.75) is 45.3 Å². The Hall–Kier alpha value is -0.910. The Kier molecular flexibility index (Phi) is 6.18. The van der Waals surface area contributed by atoms with Crippen molar-refractivity contribution in [2.24, 2.45) is 11.8 Å². The molecule has 5 heteroatoms. The van der Waals surface area contributed by atoms with E-state index in [1.54, 1.807) is 4.31 Å². The highest BCUT2D eigenvalue weighted by Crippen LogP contribution is 2.24. The van der Waals surface area contributed by atoms with Crippen molar-refractivity contribution < 1.29 is 8.42 Å². The number of nitrogens with zero attached hydrogens (tertiary/aromatic N) is 2. The summed E-state index contributed by atoms with van der Waals surface area (Å²) in [5.41, 5.74) is 2.05. The molecule has 0 bridgehead atoms. The lowest BCUT2D eigenvalue weighted by molar-refractivity contribution is 0.136. The molecular formula is C20H32N2O2S. The summed E-state index contributed by atoms with van der Waals surface area (Å²) in [5.74, 6) is 1.58. The number of hydrogen-bond acceptors (Lipinski definition) is 3. The van der Waals surface area contributed by atoms with E-state index in [1.807, 2.05) is 31.2 Å². The van der Waals surface area contributed by atoms with E-state index in [0.717, 1.165) is 36.4 Å². The number of hydrogen-bond donors (Lipinski definition) is 0. The van der Waals surface area contributed by atoms with Gasteiger partial charge in [-0.2, -0.15) is 0 Å². The van der Waals surface area contributed by atoms with Crippen molar-refractivity contribution in [1.82, 2.24) is 9.21 Å². The second kappa shape index (κ2) is 8.19. The molecule has 1 aromatic rings. The van der Waals surface area contributed by atoms with Gasteiger partial charge in [-0.3, -0.25) is 0 Å². The molecule has 0 unspecified atom stereocenters. The van der Waals surface area contributed by atoms with Crippen LogP contribution in [0.2, 0.25) is 0 Å². The molecule has 140 valence electrons. The van der Waals surface area contributed by atoms with Crippen LogP contribution in [0.25, 0.3) is 0 Å². The SMILES string of the molecule is Cc1ccc(CS(=O)(=O)N2CCC(CN3CCC[C@@H](C)C3)CC2)cc1. The topological polar surface area (TPSA) is 40.6 Å². The molecule has 3 rings (SSSR count). The van der Waals surface area contributed by atoms with Gasteiger partial charge in [0.15, 0.2) is 0 Å². The van der Waals surface area contributed by atoms with Crippen LogP contribution in [-0.2, 0) is 15.8 Å². The van der Waals surface area contributed by atoms with Gasteiger partial charge >= 0.3 is 0 Å². The Bertz CT molecular complexity index is 649. The van der Waals surface area contributed by atoms with Crippen molar-refractivity contribution in [3.63, 3.8) is 0 Å². The standard InChI is InChI=1S/C20H32N2O2S/c1-17-5-7-20(8-6-17)16-25(23,24)22-12-9-19(10-13-22)15-21-11-3-4-18(2)14-21/h5-8,18-19H,3-4,9-16H2,1-2H3/t18-/m1/s1. The van der Waals surface area contributed by atoms with Gasteiger partial charge in [-0.15, -0.1) is 0 Å². The maximum Gasteiger partial charge on any atom is 0.218 e. The Morgan fingerprint density at radius 2 is 1.72 bits per heavy atom. The fourth-order valence-corrected chi connectivity index (χ4v) is 5.74. The lowest BCUT2D eigenvalue weighted by Crippen LogP contribution is -2.43. The van der Waals surface area contributed by atoms with E-state index in [0.29, 0.717) is 19.0 Å². The van der Waals surface area contributed by atoms with Crippen LogP contribution in [0.1, 0.15) is 43.7 Å². The lowest BCUT2D eigenvalue weighted by atomic mass is 9.94. The number of piperidine rings is 2. The minimum atomic E-state index is -3.19. The van der Waals surface area contributed by atoms with Crippen LogP contribution < -0.4 is 0 Å². The number of likely N-dealkylation sites (tertiary alicyclic amines) is 1. The fraction of sp³-hybridized carbons (Fsp3) is 0.700. The van der Waals surface area contributed by atoms with Crippen molar-refractivity contribution in [1.29, 1.82) is 0 Å². The summed E-state index contributed by atoms with van der Waals surface area (Å²) in [5, 5.41) is 0. The molecule has 2 heterocycles. The van der Waals surface area contributed by atoms with Crippen LogP contribution in [0.5, 0.6) is 0 Å². The molecule has 0 N–H and O–H groups in total. The van der Waals surface area contributed by atoms with E-state index in [4.69, 9.17) is 0 Å². The highest BCUT2D eigenvalue weighted by molar-refractivity contribution is 7.88. The molecule has 1 aromatic carbocycles. The first kappa shape index (κ1) is 18.9. The smallest absolute Gasteiger partial charge is 0.218 e. The zero-order valence-corrected chi connectivity index (χ0v) is 16.5. The molecular weight excluding hydrogens is 332 g/mol. The Balaban J connectivity index is 1.50. The van der Waals surface area contributed by atoms with E-state index in [9.17, 15) is 8.42 Å². The Labute approximate surface area is 153 Å². The molecule has 25 heavy (non-hydrogen) atoms. The summed E-state index contributed by atoms with van der Waals surface area (Å²) < 4.78 is 27.1. The molecule has 4 nitrogen and oxygen atoms in total. The predicted molar refractivity (Wildman–Crippen MR) is 103 cm³/mol. The summed E-state index contributed by atoms with van der Waals surface area (Å²) in [6.45, 7) is 9.31. The minimum absolute atomic E-state index is 0.127. The maximum absolute atomic E-state index is 12.7. The van der Waals surface area contributed by atoms with E-state index in [2.05, 4.69) is 11.8 Å². The number of benzene rings is 1. The van der Waals surface area contributed by atoms with Crippen LogP contribution in [0.15, 0.2) is 24.3 Å². The second-order valence-electron chi connectivity index (χ2n) is 8.09. The van der Waals surface area contributed by atoms with Crippen molar-refractivity contribution in [3.8, 4) is 0 Å². The van der Waals surface area contributed by atoms with Gasteiger partial charge in [0, 0.05) is 26.2 Å². The third-order valence-electron chi connectivity index (χ3n) is 5.69. The first-order chi connectivity index (χ1) is 11.9. The Morgan fingerprint density at radius 3 is 2.36 bits per heavy atom. The molecule has 0 aliphatic carbocycles. The van der Waals surface area contributed by atoms with E-state index in [-0.39, 0.29) is 5.75 Å². The molecule has 2 fully saturated rings. The van der Waals surface area contributed by atoms with Gasteiger partial charge in [0.05, 0.1) is 5.75 Å². The van der Waals surface area contributed by atoms with Gasteiger partial charge in [-0.05, 0) is 56.6 Å². The molecule has 0 amide bonds. The van der Waals surface area contributed by atoms with Gasteiger partial charge in [0.25, 0.3) is 0 Å². The van der Waals surface area contributed by atoms with E-state index < -0.39 is 10.0 Å². The fourth-order valence-electron chi connectivity index (χ4n) is 4.17. The number of aryl methyl sites for hydroxylation is 1. The Morgan fingerprint density at radius 1 is 1.04 bits per heavy atom. The summed E-state index contributed by atoms with van der Waals surface area (Å²) in [6, 6.07) is 7.82. The minimum Gasteiger partial charge on any atom is -0.303 e. The first-order valence-corrected chi connectivity index (χ1v) is 11.3.